The second-order valence-electron chi connectivity index (χ2n) is 4.72. The van der Waals surface area contributed by atoms with Crippen LogP contribution in [0.15, 0.2) is 0 Å². The summed E-state index contributed by atoms with van der Waals surface area (Å²) < 4.78 is 5.54. The van der Waals surface area contributed by atoms with Gasteiger partial charge in [-0.15, -0.1) is 10.2 Å². The van der Waals surface area contributed by atoms with Gasteiger partial charge in [-0.2, -0.15) is 5.21 Å². The monoisotopic (exact) mass is 238 g/mol. The van der Waals surface area contributed by atoms with Crippen LogP contribution < -0.4 is 5.43 Å². The molecule has 1 aromatic rings. The van der Waals surface area contributed by atoms with E-state index in [-0.39, 0.29) is 12.3 Å². The molecular weight excluding hydrogens is 220 g/mol. The lowest BCUT2D eigenvalue weighted by Gasteiger charge is -2.28. The molecule has 2 atom stereocenters. The SMILES string of the molecule is COC1CC(c2nn[nH]n2)NN1C1CCCC1. The molecule has 7 nitrogen and oxygen atoms in total. The summed E-state index contributed by atoms with van der Waals surface area (Å²) in [4.78, 5) is 0. The number of ether oxygens (including phenoxy) is 1. The first-order valence-corrected chi connectivity index (χ1v) is 6.19. The number of aromatic amines is 1. The largest absolute Gasteiger partial charge is 0.365 e. The molecule has 2 aliphatic rings. The van der Waals surface area contributed by atoms with E-state index in [0.717, 1.165) is 6.42 Å². The van der Waals surface area contributed by atoms with Gasteiger partial charge in [0.1, 0.15) is 6.23 Å². The fraction of sp³-hybridized carbons (Fsp3) is 0.900. The number of hydrazine groups is 1. The van der Waals surface area contributed by atoms with E-state index >= 15 is 0 Å². The number of methoxy groups -OCH3 is 1. The molecular formula is C10H18N6O. The number of nitrogens with one attached hydrogen (secondary N) is 2. The molecule has 0 spiro atoms. The van der Waals surface area contributed by atoms with E-state index in [2.05, 4.69) is 31.1 Å². The number of hydrogen-bond donors (Lipinski definition) is 2. The van der Waals surface area contributed by atoms with E-state index in [0.29, 0.717) is 11.9 Å². The Balaban J connectivity index is 1.72. The van der Waals surface area contributed by atoms with Crippen molar-refractivity contribution in [2.75, 3.05) is 7.11 Å². The van der Waals surface area contributed by atoms with Crippen molar-refractivity contribution in [3.63, 3.8) is 0 Å². The maximum absolute atomic E-state index is 5.54. The molecule has 1 aromatic heterocycles. The summed E-state index contributed by atoms with van der Waals surface area (Å²) in [6.07, 6.45) is 6.09. The summed E-state index contributed by atoms with van der Waals surface area (Å²) in [6, 6.07) is 0.691. The fourth-order valence-electron chi connectivity index (χ4n) is 2.84. The van der Waals surface area contributed by atoms with Crippen LogP contribution in [-0.4, -0.2) is 45.0 Å². The van der Waals surface area contributed by atoms with Crippen LogP contribution in [0, 0.1) is 0 Å². The van der Waals surface area contributed by atoms with Crippen molar-refractivity contribution in [1.82, 2.24) is 31.1 Å². The van der Waals surface area contributed by atoms with E-state index in [4.69, 9.17) is 4.74 Å². The first-order valence-electron chi connectivity index (χ1n) is 6.19. The second kappa shape index (κ2) is 4.67. The molecule has 0 radical (unpaired) electrons. The Kier molecular flexibility index (Phi) is 3.04. The minimum atomic E-state index is 0.110. The molecule has 7 heteroatoms. The number of aromatic nitrogens is 4. The average molecular weight is 238 g/mol. The van der Waals surface area contributed by atoms with Gasteiger partial charge in [-0.1, -0.05) is 18.1 Å². The fourth-order valence-corrected chi connectivity index (χ4v) is 2.84. The first-order chi connectivity index (χ1) is 8.38. The standard InChI is InChI=1S/C10H18N6O/c1-17-9-6-8(10-11-14-15-12-10)13-16(9)7-4-2-3-5-7/h7-9,13H,2-6H2,1H3,(H,11,12,14,15). The molecule has 2 fully saturated rings. The Hall–Kier alpha value is -1.05. The predicted octanol–water partition coefficient (Wildman–Crippen LogP) is 0.366. The first kappa shape index (κ1) is 11.1. The molecule has 0 bridgehead atoms. The maximum atomic E-state index is 5.54. The van der Waals surface area contributed by atoms with Crippen molar-refractivity contribution in [3.8, 4) is 0 Å². The van der Waals surface area contributed by atoms with Gasteiger partial charge < -0.3 is 4.74 Å². The van der Waals surface area contributed by atoms with E-state index in [1.165, 1.54) is 25.7 Å². The second-order valence-corrected chi connectivity index (χ2v) is 4.72. The summed E-state index contributed by atoms with van der Waals surface area (Å²) in [5.41, 5.74) is 3.46. The van der Waals surface area contributed by atoms with Gasteiger partial charge in [0, 0.05) is 19.6 Å². The topological polar surface area (TPSA) is 79.0 Å². The molecule has 1 aliphatic carbocycles. The van der Waals surface area contributed by atoms with Crippen molar-refractivity contribution in [1.29, 1.82) is 0 Å². The molecule has 17 heavy (non-hydrogen) atoms. The predicted molar refractivity (Wildman–Crippen MR) is 59.6 cm³/mol. The minimum absolute atomic E-state index is 0.110. The third kappa shape index (κ3) is 2.05. The maximum Gasteiger partial charge on any atom is 0.192 e. The van der Waals surface area contributed by atoms with Gasteiger partial charge in [0.2, 0.25) is 0 Å². The van der Waals surface area contributed by atoms with Crippen LogP contribution in [0.5, 0.6) is 0 Å². The summed E-state index contributed by atoms with van der Waals surface area (Å²) >= 11 is 0. The third-order valence-electron chi connectivity index (χ3n) is 3.72. The smallest absolute Gasteiger partial charge is 0.192 e. The lowest BCUT2D eigenvalue weighted by atomic mass is 10.2. The van der Waals surface area contributed by atoms with E-state index < -0.39 is 0 Å². The van der Waals surface area contributed by atoms with Crippen LogP contribution in [0.3, 0.4) is 0 Å². The van der Waals surface area contributed by atoms with Crippen LogP contribution in [0.25, 0.3) is 0 Å². The molecule has 2 heterocycles. The van der Waals surface area contributed by atoms with Crippen LogP contribution in [0.1, 0.15) is 44.0 Å². The van der Waals surface area contributed by atoms with E-state index in [1.54, 1.807) is 7.11 Å². The van der Waals surface area contributed by atoms with Crippen LogP contribution >= 0.6 is 0 Å². The number of tetrazole rings is 1. The van der Waals surface area contributed by atoms with Crippen molar-refractivity contribution in [3.05, 3.63) is 5.82 Å². The Morgan fingerprint density at radius 3 is 2.82 bits per heavy atom. The van der Waals surface area contributed by atoms with Crippen LogP contribution in [0.4, 0.5) is 0 Å². The average Bonchev–Trinajstić information content (AvgIpc) is 3.09. The molecule has 2 unspecified atom stereocenters. The Morgan fingerprint density at radius 1 is 1.35 bits per heavy atom. The molecule has 1 saturated heterocycles. The highest BCUT2D eigenvalue weighted by atomic mass is 16.5. The third-order valence-corrected chi connectivity index (χ3v) is 3.72. The Labute approximate surface area is 99.9 Å². The zero-order valence-corrected chi connectivity index (χ0v) is 9.96. The molecule has 1 saturated carbocycles. The minimum Gasteiger partial charge on any atom is -0.365 e. The number of H-pyrrole nitrogens is 1. The molecule has 2 N–H and O–H groups in total. The van der Waals surface area contributed by atoms with Crippen molar-refractivity contribution < 1.29 is 4.74 Å². The van der Waals surface area contributed by atoms with Crippen LogP contribution in [-0.2, 0) is 4.74 Å². The quantitative estimate of drug-likeness (QED) is 0.792. The van der Waals surface area contributed by atoms with Crippen molar-refractivity contribution in [2.24, 2.45) is 0 Å². The van der Waals surface area contributed by atoms with Gasteiger partial charge in [0.05, 0.1) is 6.04 Å². The highest BCUT2D eigenvalue weighted by Gasteiger charge is 2.39. The Bertz CT molecular complexity index is 350. The summed E-state index contributed by atoms with van der Waals surface area (Å²) in [5.74, 6) is 0.715. The molecule has 94 valence electrons. The molecule has 0 aromatic carbocycles. The van der Waals surface area contributed by atoms with Gasteiger partial charge in [0.25, 0.3) is 0 Å². The van der Waals surface area contributed by atoms with Crippen molar-refractivity contribution >= 4 is 0 Å². The highest BCUT2D eigenvalue weighted by molar-refractivity contribution is 4.95. The van der Waals surface area contributed by atoms with Gasteiger partial charge in [-0.05, 0) is 12.8 Å². The molecule has 0 amide bonds. The number of rotatable bonds is 3. The highest BCUT2D eigenvalue weighted by Crippen LogP contribution is 2.32. The zero-order chi connectivity index (χ0) is 11.7. The van der Waals surface area contributed by atoms with E-state index in [9.17, 15) is 0 Å². The van der Waals surface area contributed by atoms with Gasteiger partial charge in [0.15, 0.2) is 5.82 Å². The molecule has 1 aliphatic heterocycles. The lowest BCUT2D eigenvalue weighted by Crippen LogP contribution is -2.45. The van der Waals surface area contributed by atoms with Gasteiger partial charge in [-0.3, -0.25) is 0 Å². The van der Waals surface area contributed by atoms with Gasteiger partial charge >= 0.3 is 0 Å². The Morgan fingerprint density at radius 2 is 2.18 bits per heavy atom. The number of hydrogen-bond acceptors (Lipinski definition) is 6. The summed E-state index contributed by atoms with van der Waals surface area (Å²) in [6.45, 7) is 0. The summed E-state index contributed by atoms with van der Waals surface area (Å²) in [5, 5.41) is 16.4. The normalized spacial score (nSPS) is 31.4. The number of nitrogens with zero attached hydrogens (tertiary/aromatic N) is 4. The van der Waals surface area contributed by atoms with Crippen LogP contribution in [0.2, 0.25) is 0 Å². The van der Waals surface area contributed by atoms with E-state index in [1.807, 2.05) is 0 Å². The van der Waals surface area contributed by atoms with Gasteiger partial charge in [-0.25, -0.2) is 10.4 Å². The lowest BCUT2D eigenvalue weighted by molar-refractivity contribution is -0.0488. The summed E-state index contributed by atoms with van der Waals surface area (Å²) in [7, 11) is 1.76. The zero-order valence-electron chi connectivity index (χ0n) is 9.96. The van der Waals surface area contributed by atoms with Crippen molar-refractivity contribution in [2.45, 2.75) is 50.4 Å². The molecule has 3 rings (SSSR count).